The van der Waals surface area contributed by atoms with E-state index in [1.54, 1.807) is 0 Å². The molecule has 1 aliphatic rings. The Balaban J connectivity index is 1.14. The Labute approximate surface area is 284 Å². The molecule has 9 rings (SSSR count). The zero-order valence-corrected chi connectivity index (χ0v) is 26.6. The van der Waals surface area contributed by atoms with Gasteiger partial charge in [0.2, 0.25) is 0 Å². The highest BCUT2D eigenvalue weighted by Crippen LogP contribution is 2.39. The lowest BCUT2D eigenvalue weighted by molar-refractivity contribution is 0.662. The van der Waals surface area contributed by atoms with E-state index in [2.05, 4.69) is 127 Å². The number of para-hydroxylation sites is 1. The summed E-state index contributed by atoms with van der Waals surface area (Å²) >= 11 is 0. The van der Waals surface area contributed by atoms with E-state index in [9.17, 15) is 0 Å². The van der Waals surface area contributed by atoms with Crippen LogP contribution in [0.4, 0.5) is 0 Å². The number of benzene rings is 7. The van der Waals surface area contributed by atoms with Crippen molar-refractivity contribution in [1.82, 2.24) is 5.32 Å². The van der Waals surface area contributed by atoms with Gasteiger partial charge in [-0.2, -0.15) is 0 Å². The summed E-state index contributed by atoms with van der Waals surface area (Å²) in [5.41, 5.74) is 11.6. The van der Waals surface area contributed by atoms with E-state index in [1.165, 1.54) is 22.3 Å². The SMILES string of the molecule is c1ccc(C2=NC(c3cc(-c4ccc(-c5ccc(-c6ccccc6)cc5)cc4)cc4oc5ccccc5c34)NC(c3ccccc3)=N2)cc1. The Morgan fingerprint density at radius 3 is 1.53 bits per heavy atom. The molecule has 1 unspecified atom stereocenters. The van der Waals surface area contributed by atoms with E-state index < -0.39 is 6.17 Å². The van der Waals surface area contributed by atoms with E-state index in [0.717, 1.165) is 55.6 Å². The first kappa shape index (κ1) is 28.7. The summed E-state index contributed by atoms with van der Waals surface area (Å²) in [6.07, 6.45) is -0.395. The van der Waals surface area contributed by atoms with Gasteiger partial charge in [-0.3, -0.25) is 0 Å². The molecule has 232 valence electrons. The third kappa shape index (κ3) is 5.49. The first-order valence-corrected chi connectivity index (χ1v) is 16.5. The van der Waals surface area contributed by atoms with E-state index in [1.807, 2.05) is 54.6 Å². The maximum Gasteiger partial charge on any atom is 0.159 e. The minimum absolute atomic E-state index is 0.395. The van der Waals surface area contributed by atoms with Crippen molar-refractivity contribution in [3.63, 3.8) is 0 Å². The highest BCUT2D eigenvalue weighted by atomic mass is 16.3. The zero-order valence-electron chi connectivity index (χ0n) is 26.6. The lowest BCUT2D eigenvalue weighted by atomic mass is 9.95. The topological polar surface area (TPSA) is 49.9 Å². The van der Waals surface area contributed by atoms with Crippen LogP contribution in [0.3, 0.4) is 0 Å². The Kier molecular flexibility index (Phi) is 7.17. The standard InChI is InChI=1S/C45H31N3O/c1-4-12-30(13-5-1)31-20-22-32(23-21-31)33-24-26-34(27-25-33)37-28-39(42-38-18-10-11-19-40(38)49-41(42)29-37)45-47-43(35-14-6-2-7-15-35)46-44(48-45)36-16-8-3-9-17-36/h1-29,45H,(H,46,47,48). The molecule has 49 heavy (non-hydrogen) atoms. The van der Waals surface area contributed by atoms with Crippen LogP contribution in [0.2, 0.25) is 0 Å². The number of nitrogens with one attached hydrogen (secondary N) is 1. The van der Waals surface area contributed by atoms with Crippen LogP contribution in [0.5, 0.6) is 0 Å². The molecule has 1 atom stereocenters. The van der Waals surface area contributed by atoms with Crippen molar-refractivity contribution in [2.24, 2.45) is 9.98 Å². The lowest BCUT2D eigenvalue weighted by Gasteiger charge is -2.24. The third-order valence-corrected chi connectivity index (χ3v) is 9.17. The molecule has 0 fully saturated rings. The molecular formula is C45H31N3O. The van der Waals surface area contributed by atoms with Crippen molar-refractivity contribution >= 4 is 33.6 Å². The zero-order chi connectivity index (χ0) is 32.6. The summed E-state index contributed by atoms with van der Waals surface area (Å²) in [5.74, 6) is 1.48. The summed E-state index contributed by atoms with van der Waals surface area (Å²) < 4.78 is 6.50. The van der Waals surface area contributed by atoms with Gasteiger partial charge in [0.25, 0.3) is 0 Å². The van der Waals surface area contributed by atoms with Gasteiger partial charge in [0, 0.05) is 27.5 Å². The molecule has 0 spiro atoms. The minimum atomic E-state index is -0.395. The molecule has 0 radical (unpaired) electrons. The minimum Gasteiger partial charge on any atom is -0.456 e. The van der Waals surface area contributed by atoms with Gasteiger partial charge in [-0.25, -0.2) is 9.98 Å². The van der Waals surface area contributed by atoms with Crippen molar-refractivity contribution in [3.8, 4) is 33.4 Å². The van der Waals surface area contributed by atoms with E-state index in [0.29, 0.717) is 5.84 Å². The average molecular weight is 630 g/mol. The maximum absolute atomic E-state index is 6.50. The highest BCUT2D eigenvalue weighted by Gasteiger charge is 2.25. The van der Waals surface area contributed by atoms with Crippen molar-refractivity contribution in [3.05, 3.63) is 193 Å². The summed E-state index contributed by atoms with van der Waals surface area (Å²) in [4.78, 5) is 10.2. The largest absolute Gasteiger partial charge is 0.456 e. The molecule has 2 heterocycles. The number of hydrogen-bond acceptors (Lipinski definition) is 4. The molecule has 8 aromatic rings. The van der Waals surface area contributed by atoms with Crippen molar-refractivity contribution in [1.29, 1.82) is 0 Å². The van der Waals surface area contributed by atoms with E-state index in [4.69, 9.17) is 14.4 Å². The normalized spacial score (nSPS) is 14.3. The average Bonchev–Trinajstić information content (AvgIpc) is 3.57. The van der Waals surface area contributed by atoms with Crippen molar-refractivity contribution < 1.29 is 4.42 Å². The third-order valence-electron chi connectivity index (χ3n) is 9.17. The van der Waals surface area contributed by atoms with Crippen LogP contribution >= 0.6 is 0 Å². The summed E-state index contributed by atoms with van der Waals surface area (Å²) in [6, 6.07) is 61.1. The number of rotatable bonds is 6. The number of nitrogens with zero attached hydrogens (tertiary/aromatic N) is 2. The molecule has 1 aromatic heterocycles. The van der Waals surface area contributed by atoms with Gasteiger partial charge in [0.1, 0.15) is 23.2 Å². The highest BCUT2D eigenvalue weighted by molar-refractivity contribution is 6.14. The fourth-order valence-corrected chi connectivity index (χ4v) is 6.68. The van der Waals surface area contributed by atoms with Gasteiger partial charge in [-0.05, 0) is 51.6 Å². The molecular weight excluding hydrogens is 599 g/mol. The molecule has 0 aliphatic carbocycles. The predicted molar refractivity (Wildman–Crippen MR) is 202 cm³/mol. The van der Waals surface area contributed by atoms with Crippen LogP contribution in [0, 0.1) is 0 Å². The van der Waals surface area contributed by atoms with Crippen LogP contribution < -0.4 is 5.32 Å². The van der Waals surface area contributed by atoms with Gasteiger partial charge < -0.3 is 9.73 Å². The Bertz CT molecular complexity index is 2480. The Hall–Kier alpha value is -6.52. The first-order valence-electron chi connectivity index (χ1n) is 16.5. The smallest absolute Gasteiger partial charge is 0.159 e. The van der Waals surface area contributed by atoms with Gasteiger partial charge in [0.15, 0.2) is 5.84 Å². The first-order chi connectivity index (χ1) is 24.3. The monoisotopic (exact) mass is 629 g/mol. The van der Waals surface area contributed by atoms with Crippen molar-refractivity contribution in [2.75, 3.05) is 0 Å². The number of furan rings is 1. The second-order valence-electron chi connectivity index (χ2n) is 12.2. The van der Waals surface area contributed by atoms with E-state index >= 15 is 0 Å². The summed E-state index contributed by atoms with van der Waals surface area (Å²) in [5, 5.41) is 5.80. The predicted octanol–water partition coefficient (Wildman–Crippen LogP) is 11.1. The maximum atomic E-state index is 6.50. The van der Waals surface area contributed by atoms with Crippen molar-refractivity contribution in [2.45, 2.75) is 6.17 Å². The number of aliphatic imine (C=N–C) groups is 2. The molecule has 4 nitrogen and oxygen atoms in total. The van der Waals surface area contributed by atoms with Gasteiger partial charge in [-0.1, -0.05) is 158 Å². The number of hydrogen-bond donors (Lipinski definition) is 1. The van der Waals surface area contributed by atoms with Crippen LogP contribution in [0.15, 0.2) is 190 Å². The number of fused-ring (bicyclic) bond motifs is 3. The molecule has 1 N–H and O–H groups in total. The second-order valence-corrected chi connectivity index (χ2v) is 12.2. The number of amidine groups is 2. The fraction of sp³-hybridized carbons (Fsp3) is 0.0222. The molecule has 1 aliphatic heterocycles. The Morgan fingerprint density at radius 2 is 0.918 bits per heavy atom. The van der Waals surface area contributed by atoms with Gasteiger partial charge in [0.05, 0.1) is 0 Å². The van der Waals surface area contributed by atoms with Gasteiger partial charge >= 0.3 is 0 Å². The quantitative estimate of drug-likeness (QED) is 0.199. The summed E-state index contributed by atoms with van der Waals surface area (Å²) in [7, 11) is 0. The molecule has 4 heteroatoms. The molecule has 0 saturated carbocycles. The van der Waals surface area contributed by atoms with Crippen LogP contribution in [-0.2, 0) is 0 Å². The summed E-state index contributed by atoms with van der Waals surface area (Å²) in [6.45, 7) is 0. The van der Waals surface area contributed by atoms with Crippen LogP contribution in [0.25, 0.3) is 55.3 Å². The molecule has 7 aromatic carbocycles. The Morgan fingerprint density at radius 1 is 0.429 bits per heavy atom. The second kappa shape index (κ2) is 12.3. The van der Waals surface area contributed by atoms with Gasteiger partial charge in [-0.15, -0.1) is 0 Å². The molecule has 0 amide bonds. The van der Waals surface area contributed by atoms with Crippen LogP contribution in [-0.4, -0.2) is 11.7 Å². The van der Waals surface area contributed by atoms with Crippen LogP contribution in [0.1, 0.15) is 22.9 Å². The van der Waals surface area contributed by atoms with E-state index in [-0.39, 0.29) is 0 Å². The molecule has 0 bridgehead atoms. The molecule has 0 saturated heterocycles. The fourth-order valence-electron chi connectivity index (χ4n) is 6.68. The lowest BCUT2D eigenvalue weighted by Crippen LogP contribution is -2.33.